The van der Waals surface area contributed by atoms with E-state index in [1.54, 1.807) is 0 Å². The molecule has 0 fully saturated rings. The minimum absolute atomic E-state index is 0.00729. The average Bonchev–Trinajstić information content (AvgIpc) is 2.03. The summed E-state index contributed by atoms with van der Waals surface area (Å²) < 4.78 is 28.2. The van der Waals surface area contributed by atoms with Crippen molar-refractivity contribution in [1.82, 2.24) is 0 Å². The van der Waals surface area contributed by atoms with Crippen LogP contribution in [0.15, 0.2) is 24.3 Å². The number of rotatable bonds is 1. The van der Waals surface area contributed by atoms with Gasteiger partial charge in [-0.15, -0.1) is 0 Å². The van der Waals surface area contributed by atoms with Crippen molar-refractivity contribution < 1.29 is 11.9 Å². The summed E-state index contributed by atoms with van der Waals surface area (Å²) in [7, 11) is 0. The van der Waals surface area contributed by atoms with Crippen LogP contribution in [0.1, 0.15) is 5.56 Å². The Kier molecular flexibility index (Phi) is 2.39. The molecule has 0 radical (unpaired) electrons. The molecule has 0 saturated heterocycles. The van der Waals surface area contributed by atoms with E-state index in [2.05, 4.69) is 0 Å². The van der Waals surface area contributed by atoms with Gasteiger partial charge in [-0.25, -0.2) is 0 Å². The molecule has 1 rings (SSSR count). The van der Waals surface area contributed by atoms with Gasteiger partial charge in [0.05, 0.1) is 0 Å². The second-order valence-corrected chi connectivity index (χ2v) is 5.57. The Morgan fingerprint density at radius 1 is 1.25 bits per heavy atom. The van der Waals surface area contributed by atoms with Gasteiger partial charge in [0.25, 0.3) is 0 Å². The molecule has 0 saturated carbocycles. The van der Waals surface area contributed by atoms with E-state index < -0.39 is 14.2 Å². The Balaban J connectivity index is 3.11. The third kappa shape index (κ3) is 1.99. The summed E-state index contributed by atoms with van der Waals surface area (Å²) in [5.74, 6) is 0. The van der Waals surface area contributed by atoms with Crippen LogP contribution in [-0.2, 0) is 3.74 Å². The zero-order valence-corrected chi connectivity index (χ0v) is 7.88. The third-order valence-corrected chi connectivity index (χ3v) is 3.37. The molecule has 12 heavy (non-hydrogen) atoms. The first-order chi connectivity index (χ1) is 5.54. The number of benzene rings is 1. The fraction of sp³-hybridized carbons (Fsp3) is 0. The molecular weight excluding hydrogens is 221 g/mol. The predicted octanol–water partition coefficient (Wildman–Crippen LogP) is -0.881. The molecule has 0 aliphatic carbocycles. The van der Waals surface area contributed by atoms with Crippen molar-refractivity contribution in [2.45, 2.75) is 0 Å². The van der Waals surface area contributed by atoms with Gasteiger partial charge in [0.2, 0.25) is 0 Å². The minimum atomic E-state index is -4.75. The fourth-order valence-corrected chi connectivity index (χ4v) is 1.86. The Morgan fingerprint density at radius 2 is 1.75 bits per heavy atom. The standard InChI is InChI=1S/C7H6AsNO3/c9-5-6-1-3-7(4-2-6)8(10,11)12/h1-4H,(H2,10,11,12). The Labute approximate surface area is 72.1 Å². The van der Waals surface area contributed by atoms with E-state index in [-0.39, 0.29) is 4.35 Å². The van der Waals surface area contributed by atoms with Gasteiger partial charge in [-0.3, -0.25) is 0 Å². The first-order valence-corrected chi connectivity index (χ1v) is 6.48. The van der Waals surface area contributed by atoms with E-state index >= 15 is 0 Å². The van der Waals surface area contributed by atoms with Gasteiger partial charge in [-0.05, 0) is 0 Å². The molecule has 0 heterocycles. The van der Waals surface area contributed by atoms with Crippen LogP contribution in [0.3, 0.4) is 0 Å². The van der Waals surface area contributed by atoms with Crippen molar-refractivity contribution in [2.24, 2.45) is 0 Å². The van der Waals surface area contributed by atoms with Crippen molar-refractivity contribution in [3.05, 3.63) is 29.8 Å². The molecule has 5 heteroatoms. The van der Waals surface area contributed by atoms with Gasteiger partial charge in [-0.2, -0.15) is 0 Å². The molecule has 0 unspecified atom stereocenters. The summed E-state index contributed by atoms with van der Waals surface area (Å²) in [6.45, 7) is 0. The molecule has 2 N–H and O–H groups in total. The summed E-state index contributed by atoms with van der Waals surface area (Å²) in [6.07, 6.45) is 0. The first-order valence-electron chi connectivity index (χ1n) is 3.10. The SMILES string of the molecule is N#Cc1ccc([As](=O)(O)O)cc1. The van der Waals surface area contributed by atoms with Crippen LogP contribution in [-0.4, -0.2) is 22.4 Å². The molecule has 0 amide bonds. The molecule has 0 aliphatic heterocycles. The molecule has 1 aromatic carbocycles. The van der Waals surface area contributed by atoms with Crippen molar-refractivity contribution in [1.29, 1.82) is 5.26 Å². The number of hydrogen-bond donors (Lipinski definition) is 2. The van der Waals surface area contributed by atoms with Crippen LogP contribution < -0.4 is 4.35 Å². The Bertz CT molecular complexity index is 359. The average molecular weight is 227 g/mol. The Hall–Kier alpha value is -1.01. The van der Waals surface area contributed by atoms with Crippen molar-refractivity contribution in [3.8, 4) is 6.07 Å². The molecular formula is C7H6AsNO3. The van der Waals surface area contributed by atoms with Gasteiger partial charge in [0.15, 0.2) is 0 Å². The van der Waals surface area contributed by atoms with Gasteiger partial charge >= 0.3 is 71.6 Å². The molecule has 1 aromatic rings. The summed E-state index contributed by atoms with van der Waals surface area (Å²) in [4.78, 5) is 0. The second-order valence-electron chi connectivity index (χ2n) is 2.20. The van der Waals surface area contributed by atoms with Gasteiger partial charge in [-0.1, -0.05) is 0 Å². The first kappa shape index (κ1) is 9.08. The summed E-state index contributed by atoms with van der Waals surface area (Å²) in [6, 6.07) is 7.18. The monoisotopic (exact) mass is 227 g/mol. The normalized spacial score (nSPS) is 10.8. The molecule has 4 nitrogen and oxygen atoms in total. The molecule has 0 aliphatic rings. The number of hydrogen-bond acceptors (Lipinski definition) is 2. The number of nitriles is 1. The van der Waals surface area contributed by atoms with Crippen molar-refractivity contribution >= 4 is 18.5 Å². The Morgan fingerprint density at radius 3 is 2.08 bits per heavy atom. The second kappa shape index (κ2) is 3.16. The van der Waals surface area contributed by atoms with E-state index in [1.807, 2.05) is 6.07 Å². The molecule has 0 aromatic heterocycles. The van der Waals surface area contributed by atoms with E-state index in [9.17, 15) is 3.74 Å². The summed E-state index contributed by atoms with van der Waals surface area (Å²) in [5, 5.41) is 8.39. The van der Waals surface area contributed by atoms with Crippen molar-refractivity contribution in [3.63, 3.8) is 0 Å². The van der Waals surface area contributed by atoms with Crippen LogP contribution in [0.2, 0.25) is 0 Å². The topological polar surface area (TPSA) is 81.3 Å². The van der Waals surface area contributed by atoms with E-state index in [4.69, 9.17) is 13.5 Å². The molecule has 0 bridgehead atoms. The van der Waals surface area contributed by atoms with Gasteiger partial charge in [0, 0.05) is 0 Å². The maximum atomic E-state index is 10.7. The van der Waals surface area contributed by atoms with Gasteiger partial charge < -0.3 is 0 Å². The number of nitrogens with zero attached hydrogens (tertiary/aromatic N) is 1. The summed E-state index contributed by atoms with van der Waals surface area (Å²) in [5.41, 5.74) is 0.391. The quantitative estimate of drug-likeness (QED) is 0.610. The van der Waals surface area contributed by atoms with Crippen LogP contribution in [0, 0.1) is 11.3 Å². The van der Waals surface area contributed by atoms with Gasteiger partial charge in [0.1, 0.15) is 0 Å². The van der Waals surface area contributed by atoms with E-state index in [0.29, 0.717) is 5.56 Å². The zero-order chi connectivity index (χ0) is 9.19. The summed E-state index contributed by atoms with van der Waals surface area (Å²) >= 11 is -4.75. The maximum absolute atomic E-state index is 10.7. The fourth-order valence-electron chi connectivity index (χ4n) is 0.730. The van der Waals surface area contributed by atoms with Crippen molar-refractivity contribution in [2.75, 3.05) is 0 Å². The van der Waals surface area contributed by atoms with Crippen LogP contribution in [0.4, 0.5) is 0 Å². The molecule has 0 spiro atoms. The van der Waals surface area contributed by atoms with E-state index in [0.717, 1.165) is 0 Å². The molecule has 62 valence electrons. The molecule has 0 atom stereocenters. The van der Waals surface area contributed by atoms with Crippen LogP contribution in [0.5, 0.6) is 0 Å². The predicted molar refractivity (Wildman–Crippen MR) is 41.7 cm³/mol. The van der Waals surface area contributed by atoms with E-state index in [1.165, 1.54) is 24.3 Å². The van der Waals surface area contributed by atoms with Crippen LogP contribution >= 0.6 is 0 Å². The zero-order valence-electron chi connectivity index (χ0n) is 6.01. The third-order valence-electron chi connectivity index (χ3n) is 1.33. The van der Waals surface area contributed by atoms with Crippen LogP contribution in [0.25, 0.3) is 0 Å².